The van der Waals surface area contributed by atoms with E-state index in [1.165, 1.54) is 0 Å². The Morgan fingerprint density at radius 3 is 2.48 bits per heavy atom. The first kappa shape index (κ1) is 16.8. The summed E-state index contributed by atoms with van der Waals surface area (Å²) >= 11 is 0. The summed E-state index contributed by atoms with van der Waals surface area (Å²) in [4.78, 5) is 23.5. The van der Waals surface area contributed by atoms with Crippen molar-refractivity contribution in [2.45, 2.75) is 32.1 Å². The lowest BCUT2D eigenvalue weighted by molar-refractivity contribution is 0.0954. The molecule has 0 spiro atoms. The van der Waals surface area contributed by atoms with E-state index in [1.807, 2.05) is 24.3 Å². The summed E-state index contributed by atoms with van der Waals surface area (Å²) < 4.78 is 0. The van der Waals surface area contributed by atoms with Gasteiger partial charge >= 0.3 is 0 Å². The summed E-state index contributed by atoms with van der Waals surface area (Å²) in [5.41, 5.74) is 2.95. The van der Waals surface area contributed by atoms with E-state index < -0.39 is 0 Å². The topological polar surface area (TPSA) is 46.5 Å². The van der Waals surface area contributed by atoms with Gasteiger partial charge in [-0.05, 0) is 47.0 Å². The molecule has 0 amide bonds. The minimum absolute atomic E-state index is 0.0743. The normalized spacial score (nSPS) is 11.7. The van der Waals surface area contributed by atoms with Crippen LogP contribution in [0.1, 0.15) is 53.6 Å². The Morgan fingerprint density at radius 2 is 1.87 bits per heavy atom. The van der Waals surface area contributed by atoms with Crippen LogP contribution in [0.2, 0.25) is 0 Å². The van der Waals surface area contributed by atoms with E-state index >= 15 is 0 Å². The maximum atomic E-state index is 13.0. The molecule has 0 aliphatic rings. The molecule has 2 aromatic carbocycles. The predicted molar refractivity (Wildman–Crippen MR) is 95.0 cm³/mol. The van der Waals surface area contributed by atoms with Crippen LogP contribution >= 0.6 is 0 Å². The first-order chi connectivity index (χ1) is 11.2. The highest BCUT2D eigenvalue weighted by Crippen LogP contribution is 2.30. The molecule has 23 heavy (non-hydrogen) atoms. The summed E-state index contributed by atoms with van der Waals surface area (Å²) in [6.07, 6.45) is 4.61. The third-order valence-electron chi connectivity index (χ3n) is 4.01. The van der Waals surface area contributed by atoms with E-state index in [0.29, 0.717) is 11.3 Å². The Balaban J connectivity index is 2.38. The third-order valence-corrected chi connectivity index (χ3v) is 4.01. The monoisotopic (exact) mass is 307 g/mol. The summed E-state index contributed by atoms with van der Waals surface area (Å²) in [5, 5.41) is 2.88. The molecule has 0 radical (unpaired) electrons. The average Bonchev–Trinajstić information content (AvgIpc) is 2.62. The Hall–Kier alpha value is -2.55. The number of hydrogen-bond acceptors (Lipinski definition) is 3. The van der Waals surface area contributed by atoms with Gasteiger partial charge < -0.3 is 0 Å². The minimum Gasteiger partial charge on any atom is -0.293 e. The van der Waals surface area contributed by atoms with Crippen LogP contribution in [-0.2, 0) is 0 Å². The highest BCUT2D eigenvalue weighted by molar-refractivity contribution is 6.01. The lowest BCUT2D eigenvalue weighted by Gasteiger charge is -2.18. The van der Waals surface area contributed by atoms with Crippen LogP contribution in [0.4, 0.5) is 5.69 Å². The lowest BCUT2D eigenvalue weighted by Crippen LogP contribution is -2.14. The predicted octanol–water partition coefficient (Wildman–Crippen LogP) is 5.88. The molecule has 0 saturated carbocycles. The van der Waals surface area contributed by atoms with Gasteiger partial charge in [-0.2, -0.15) is 0 Å². The van der Waals surface area contributed by atoms with Crippen LogP contribution in [0, 0.1) is 4.91 Å². The van der Waals surface area contributed by atoms with Crippen molar-refractivity contribution in [2.75, 3.05) is 0 Å². The molecule has 0 N–H and O–H groups in total. The van der Waals surface area contributed by atoms with Gasteiger partial charge in [0.2, 0.25) is 0 Å². The number of nitroso groups, excluding NO2 is 1. The molecule has 2 aromatic rings. The van der Waals surface area contributed by atoms with E-state index in [9.17, 15) is 9.70 Å². The average molecular weight is 307 g/mol. The maximum Gasteiger partial charge on any atom is 0.170 e. The molecule has 1 unspecified atom stereocenters. The zero-order chi connectivity index (χ0) is 16.7. The Bertz CT molecular complexity index is 689. The molecule has 0 bridgehead atoms. The van der Waals surface area contributed by atoms with E-state index in [0.717, 1.165) is 30.4 Å². The molecule has 3 nitrogen and oxygen atoms in total. The van der Waals surface area contributed by atoms with E-state index in [4.69, 9.17) is 0 Å². The standard InChI is InChI=1S/C20H21NO2/c1-3-5-9-19(18-10-7-6-8-15(18)4-2)20(22)16-11-13-17(21-23)14-12-16/h4,6-8,10-14,19H,2-3,5,9H2,1H3. The second kappa shape index (κ2) is 8.18. The molecule has 0 aliphatic carbocycles. The third kappa shape index (κ3) is 4.01. The first-order valence-electron chi connectivity index (χ1n) is 7.90. The Morgan fingerprint density at radius 1 is 1.17 bits per heavy atom. The fourth-order valence-corrected chi connectivity index (χ4v) is 2.74. The van der Waals surface area contributed by atoms with Crippen molar-refractivity contribution in [2.24, 2.45) is 5.18 Å². The number of carbonyl (C=O) groups is 1. The van der Waals surface area contributed by atoms with E-state index in [2.05, 4.69) is 18.7 Å². The summed E-state index contributed by atoms with van der Waals surface area (Å²) in [6.45, 7) is 5.97. The van der Waals surface area contributed by atoms with Crippen LogP contribution in [0.25, 0.3) is 6.08 Å². The van der Waals surface area contributed by atoms with Crippen LogP contribution in [0.3, 0.4) is 0 Å². The van der Waals surface area contributed by atoms with Gasteiger partial charge in [0.05, 0.1) is 0 Å². The first-order valence-corrected chi connectivity index (χ1v) is 7.90. The van der Waals surface area contributed by atoms with Crippen molar-refractivity contribution in [3.63, 3.8) is 0 Å². The summed E-state index contributed by atoms with van der Waals surface area (Å²) in [7, 11) is 0. The van der Waals surface area contributed by atoms with Gasteiger partial charge in [0.1, 0.15) is 5.69 Å². The lowest BCUT2D eigenvalue weighted by atomic mass is 9.84. The Kier molecular flexibility index (Phi) is 5.98. The van der Waals surface area contributed by atoms with Crippen LogP contribution in [0.15, 0.2) is 60.3 Å². The molecule has 0 fully saturated rings. The van der Waals surface area contributed by atoms with Gasteiger partial charge in [-0.25, -0.2) is 0 Å². The largest absolute Gasteiger partial charge is 0.293 e. The zero-order valence-electron chi connectivity index (χ0n) is 13.4. The SMILES string of the molecule is C=Cc1ccccc1C(CCCC)C(=O)c1ccc(N=O)cc1. The van der Waals surface area contributed by atoms with Crippen molar-refractivity contribution in [3.8, 4) is 0 Å². The van der Waals surface area contributed by atoms with E-state index in [1.54, 1.807) is 30.3 Å². The highest BCUT2D eigenvalue weighted by Gasteiger charge is 2.23. The van der Waals surface area contributed by atoms with Crippen LogP contribution in [0.5, 0.6) is 0 Å². The maximum absolute atomic E-state index is 13.0. The quantitative estimate of drug-likeness (QED) is 0.451. The van der Waals surface area contributed by atoms with Crippen molar-refractivity contribution in [3.05, 3.63) is 76.7 Å². The summed E-state index contributed by atoms with van der Waals surface area (Å²) in [5.74, 6) is -0.121. The summed E-state index contributed by atoms with van der Waals surface area (Å²) in [6, 6.07) is 14.4. The van der Waals surface area contributed by atoms with Crippen molar-refractivity contribution in [1.29, 1.82) is 0 Å². The molecule has 1 atom stereocenters. The van der Waals surface area contributed by atoms with Crippen LogP contribution < -0.4 is 0 Å². The molecule has 0 saturated heterocycles. The van der Waals surface area contributed by atoms with Crippen LogP contribution in [-0.4, -0.2) is 5.78 Å². The Labute approximate surface area is 137 Å². The fourth-order valence-electron chi connectivity index (χ4n) is 2.74. The molecule has 0 aromatic heterocycles. The van der Waals surface area contributed by atoms with Gasteiger partial charge in [0, 0.05) is 11.5 Å². The molecule has 3 heteroatoms. The molecule has 0 heterocycles. The van der Waals surface area contributed by atoms with Gasteiger partial charge in [-0.1, -0.05) is 56.7 Å². The number of ketones is 1. The number of nitrogens with zero attached hydrogens (tertiary/aromatic N) is 1. The number of Topliss-reactive ketones (excluding diaryl/α,β-unsaturated/α-hetero) is 1. The van der Waals surface area contributed by atoms with Crippen molar-refractivity contribution >= 4 is 17.5 Å². The second-order valence-electron chi connectivity index (χ2n) is 5.53. The van der Waals surface area contributed by atoms with Crippen molar-refractivity contribution in [1.82, 2.24) is 0 Å². The highest BCUT2D eigenvalue weighted by atomic mass is 16.3. The number of rotatable bonds is 8. The number of benzene rings is 2. The second-order valence-corrected chi connectivity index (χ2v) is 5.53. The van der Waals surface area contributed by atoms with Gasteiger partial charge in [0.15, 0.2) is 5.78 Å². The minimum atomic E-state index is -0.195. The number of hydrogen-bond donors (Lipinski definition) is 0. The van der Waals surface area contributed by atoms with Gasteiger partial charge in [-0.15, -0.1) is 4.91 Å². The van der Waals surface area contributed by atoms with Gasteiger partial charge in [0.25, 0.3) is 0 Å². The smallest absolute Gasteiger partial charge is 0.170 e. The molecular formula is C20H21NO2. The van der Waals surface area contributed by atoms with Gasteiger partial charge in [-0.3, -0.25) is 4.79 Å². The molecular weight excluding hydrogens is 286 g/mol. The molecule has 0 aliphatic heterocycles. The molecule has 118 valence electrons. The number of unbranched alkanes of at least 4 members (excludes halogenated alkanes) is 1. The van der Waals surface area contributed by atoms with Crippen molar-refractivity contribution < 1.29 is 4.79 Å². The molecule has 2 rings (SSSR count). The zero-order valence-corrected chi connectivity index (χ0v) is 13.4. The fraction of sp³-hybridized carbons (Fsp3) is 0.250. The van der Waals surface area contributed by atoms with E-state index in [-0.39, 0.29) is 11.7 Å². The number of carbonyl (C=O) groups excluding carboxylic acids is 1.